The maximum atomic E-state index is 14.0. The minimum Gasteiger partial charge on any atom is -0.456 e. The van der Waals surface area contributed by atoms with Gasteiger partial charge in [-0.3, -0.25) is 9.88 Å². The highest BCUT2D eigenvalue weighted by molar-refractivity contribution is 5.97. The summed E-state index contributed by atoms with van der Waals surface area (Å²) in [5, 5.41) is 3.23. The van der Waals surface area contributed by atoms with Crippen LogP contribution in [0.2, 0.25) is 0 Å². The Morgan fingerprint density at radius 3 is 2.86 bits per heavy atom. The van der Waals surface area contributed by atoms with Crippen molar-refractivity contribution in [2.45, 2.75) is 25.2 Å². The minimum absolute atomic E-state index is 0.335. The Morgan fingerprint density at radius 1 is 1.11 bits per heavy atom. The van der Waals surface area contributed by atoms with E-state index in [0.29, 0.717) is 19.5 Å². The van der Waals surface area contributed by atoms with Crippen LogP contribution in [0.15, 0.2) is 65.3 Å². The third kappa shape index (κ3) is 3.17. The lowest BCUT2D eigenvalue weighted by Gasteiger charge is -2.32. The van der Waals surface area contributed by atoms with Gasteiger partial charge in [-0.1, -0.05) is 30.3 Å². The third-order valence-corrected chi connectivity index (χ3v) is 5.60. The van der Waals surface area contributed by atoms with Crippen LogP contribution in [0.4, 0.5) is 4.39 Å². The average molecular weight is 375 g/mol. The molecule has 5 rings (SSSR count). The molecule has 0 spiro atoms. The number of para-hydroxylation sites is 1. The Hall–Kier alpha value is -2.76. The summed E-state index contributed by atoms with van der Waals surface area (Å²) in [4.78, 5) is 6.53. The molecule has 1 saturated heterocycles. The number of pyridine rings is 1. The van der Waals surface area contributed by atoms with Crippen molar-refractivity contribution in [1.29, 1.82) is 0 Å². The summed E-state index contributed by atoms with van der Waals surface area (Å²) in [6.07, 6.45) is 3.46. The summed E-state index contributed by atoms with van der Waals surface area (Å²) >= 11 is 0. The average Bonchev–Trinajstić information content (AvgIpc) is 3.14. The van der Waals surface area contributed by atoms with Gasteiger partial charge in [0.05, 0.1) is 0 Å². The van der Waals surface area contributed by atoms with Gasteiger partial charge in [0.2, 0.25) is 0 Å². The zero-order chi connectivity index (χ0) is 19.1. The highest BCUT2D eigenvalue weighted by Gasteiger charge is 2.26. The smallest absolute Gasteiger partial charge is 0.137 e. The number of aromatic nitrogens is 1. The van der Waals surface area contributed by atoms with E-state index in [1.54, 1.807) is 0 Å². The standard InChI is InChI=1S/C23H22FN3O/c24-20-14-27(8-7-21(20)25)13-15-5-6-17-11-26-12-19(18(17)9-15)23-10-16-3-1-2-4-22(16)28-23/h1-6,9-12,20-21H,7-8,13-14,25H2/t20-,21+/m0/s1. The van der Waals surface area contributed by atoms with Crippen LogP contribution in [0.25, 0.3) is 33.1 Å². The molecule has 5 heteroatoms. The Kier molecular flexibility index (Phi) is 4.34. The molecule has 1 aliphatic heterocycles. The number of halogens is 1. The lowest BCUT2D eigenvalue weighted by atomic mass is 10.0. The molecule has 142 valence electrons. The predicted molar refractivity (Wildman–Crippen MR) is 110 cm³/mol. The van der Waals surface area contributed by atoms with Crippen molar-refractivity contribution < 1.29 is 8.81 Å². The fraction of sp³-hybridized carbons (Fsp3) is 0.261. The summed E-state index contributed by atoms with van der Waals surface area (Å²) in [6, 6.07) is 16.0. The predicted octanol–water partition coefficient (Wildman–Crippen LogP) is 4.52. The number of rotatable bonds is 3. The number of furan rings is 1. The number of fused-ring (bicyclic) bond motifs is 2. The van der Waals surface area contributed by atoms with E-state index in [0.717, 1.165) is 45.2 Å². The van der Waals surface area contributed by atoms with Gasteiger partial charge in [-0.05, 0) is 35.6 Å². The zero-order valence-electron chi connectivity index (χ0n) is 15.5. The molecule has 0 saturated carbocycles. The monoisotopic (exact) mass is 375 g/mol. The quantitative estimate of drug-likeness (QED) is 0.572. The number of alkyl halides is 1. The first-order valence-corrected chi connectivity index (χ1v) is 9.65. The fourth-order valence-corrected chi connectivity index (χ4v) is 4.01. The molecule has 0 amide bonds. The van der Waals surface area contributed by atoms with Crippen LogP contribution in [-0.2, 0) is 6.54 Å². The van der Waals surface area contributed by atoms with Gasteiger partial charge in [-0.15, -0.1) is 0 Å². The summed E-state index contributed by atoms with van der Waals surface area (Å²) in [5.74, 6) is 0.809. The van der Waals surface area contributed by atoms with E-state index in [-0.39, 0.29) is 6.04 Å². The number of nitrogens with zero attached hydrogens (tertiary/aromatic N) is 2. The number of hydrogen-bond donors (Lipinski definition) is 1. The summed E-state index contributed by atoms with van der Waals surface area (Å²) < 4.78 is 20.0. The van der Waals surface area contributed by atoms with Gasteiger partial charge < -0.3 is 10.2 Å². The maximum Gasteiger partial charge on any atom is 0.137 e. The van der Waals surface area contributed by atoms with E-state index in [9.17, 15) is 4.39 Å². The minimum atomic E-state index is -0.954. The molecule has 3 heterocycles. The summed E-state index contributed by atoms with van der Waals surface area (Å²) in [6.45, 7) is 1.93. The summed E-state index contributed by atoms with van der Waals surface area (Å²) in [5.41, 5.74) is 8.79. The van der Waals surface area contributed by atoms with E-state index < -0.39 is 6.17 Å². The zero-order valence-corrected chi connectivity index (χ0v) is 15.5. The lowest BCUT2D eigenvalue weighted by molar-refractivity contribution is 0.114. The van der Waals surface area contributed by atoms with Crippen molar-refractivity contribution in [3.8, 4) is 11.3 Å². The first-order valence-electron chi connectivity index (χ1n) is 9.65. The maximum absolute atomic E-state index is 14.0. The molecule has 2 N–H and O–H groups in total. The molecule has 1 fully saturated rings. The first kappa shape index (κ1) is 17.3. The number of piperidine rings is 1. The fourth-order valence-electron chi connectivity index (χ4n) is 4.01. The van der Waals surface area contributed by atoms with E-state index in [2.05, 4.69) is 34.1 Å². The molecule has 4 nitrogen and oxygen atoms in total. The van der Waals surface area contributed by atoms with E-state index >= 15 is 0 Å². The molecule has 0 unspecified atom stereocenters. The van der Waals surface area contributed by atoms with Crippen LogP contribution < -0.4 is 5.73 Å². The second-order valence-corrected chi connectivity index (χ2v) is 7.59. The van der Waals surface area contributed by atoms with Crippen molar-refractivity contribution in [2.24, 2.45) is 5.73 Å². The highest BCUT2D eigenvalue weighted by atomic mass is 19.1. The van der Waals surface area contributed by atoms with Gasteiger partial charge in [-0.2, -0.15) is 0 Å². The molecular formula is C23H22FN3O. The van der Waals surface area contributed by atoms with Gasteiger partial charge in [-0.25, -0.2) is 4.39 Å². The van der Waals surface area contributed by atoms with Crippen molar-refractivity contribution >= 4 is 21.7 Å². The van der Waals surface area contributed by atoms with Gasteiger partial charge in [0.25, 0.3) is 0 Å². The molecular weight excluding hydrogens is 353 g/mol. The SMILES string of the molecule is N[C@@H]1CCN(Cc2ccc3cncc(-c4cc5ccccc5o4)c3c2)C[C@@H]1F. The van der Waals surface area contributed by atoms with Crippen molar-refractivity contribution in [3.63, 3.8) is 0 Å². The molecule has 0 bridgehead atoms. The number of benzene rings is 2. The van der Waals surface area contributed by atoms with Crippen LogP contribution in [0, 0.1) is 0 Å². The largest absolute Gasteiger partial charge is 0.456 e. The van der Waals surface area contributed by atoms with Crippen LogP contribution >= 0.6 is 0 Å². The van der Waals surface area contributed by atoms with Gasteiger partial charge in [0.15, 0.2) is 0 Å². The van der Waals surface area contributed by atoms with E-state index in [4.69, 9.17) is 10.2 Å². The molecule has 2 atom stereocenters. The second-order valence-electron chi connectivity index (χ2n) is 7.59. The number of hydrogen-bond acceptors (Lipinski definition) is 4. The Bertz CT molecular complexity index is 1110. The van der Waals surface area contributed by atoms with Crippen LogP contribution in [-0.4, -0.2) is 35.2 Å². The normalized spacial score (nSPS) is 20.8. The van der Waals surface area contributed by atoms with Crippen molar-refractivity contribution in [1.82, 2.24) is 9.88 Å². The molecule has 2 aromatic heterocycles. The Balaban J connectivity index is 1.51. The first-order chi connectivity index (χ1) is 13.7. The second kappa shape index (κ2) is 7.00. The lowest BCUT2D eigenvalue weighted by Crippen LogP contribution is -2.48. The molecule has 28 heavy (non-hydrogen) atoms. The molecule has 2 aromatic carbocycles. The van der Waals surface area contributed by atoms with Crippen LogP contribution in [0.1, 0.15) is 12.0 Å². The van der Waals surface area contributed by atoms with Crippen LogP contribution in [0.5, 0.6) is 0 Å². The number of likely N-dealkylation sites (tertiary alicyclic amines) is 1. The Labute approximate surface area is 162 Å². The number of nitrogens with two attached hydrogens (primary N) is 1. The van der Waals surface area contributed by atoms with E-state index in [1.165, 1.54) is 0 Å². The van der Waals surface area contributed by atoms with Crippen molar-refractivity contribution in [3.05, 3.63) is 66.5 Å². The molecule has 0 radical (unpaired) electrons. The van der Waals surface area contributed by atoms with Crippen LogP contribution in [0.3, 0.4) is 0 Å². The van der Waals surface area contributed by atoms with E-state index in [1.807, 2.05) is 36.7 Å². The Morgan fingerprint density at radius 2 is 2.00 bits per heavy atom. The third-order valence-electron chi connectivity index (χ3n) is 5.60. The van der Waals surface area contributed by atoms with Crippen molar-refractivity contribution in [2.75, 3.05) is 13.1 Å². The van der Waals surface area contributed by atoms with Gasteiger partial charge in [0.1, 0.15) is 17.5 Å². The molecule has 1 aliphatic rings. The molecule has 0 aliphatic carbocycles. The van der Waals surface area contributed by atoms with Gasteiger partial charge >= 0.3 is 0 Å². The molecule has 4 aromatic rings. The topological polar surface area (TPSA) is 55.3 Å². The summed E-state index contributed by atoms with van der Waals surface area (Å²) in [7, 11) is 0. The highest BCUT2D eigenvalue weighted by Crippen LogP contribution is 2.33. The van der Waals surface area contributed by atoms with Gasteiger partial charge in [0, 0.05) is 54.4 Å².